The number of aromatic amines is 1. The van der Waals surface area contributed by atoms with E-state index < -0.39 is 5.92 Å². The van der Waals surface area contributed by atoms with Crippen LogP contribution in [0.25, 0.3) is 11.0 Å². The maximum Gasteiger partial charge on any atom is 0.233 e. The van der Waals surface area contributed by atoms with Crippen molar-refractivity contribution < 1.29 is 14.8 Å². The van der Waals surface area contributed by atoms with Crippen LogP contribution in [0.4, 0.5) is 0 Å². The molecule has 1 aliphatic heterocycles. The minimum Gasteiger partial charge on any atom is -0.340 e. The van der Waals surface area contributed by atoms with Crippen molar-refractivity contribution in [2.24, 2.45) is 5.92 Å². The average Bonchev–Trinajstić information content (AvgIpc) is 3.30. The second-order valence-corrected chi connectivity index (χ2v) is 6.90. The number of para-hydroxylation sites is 2. The van der Waals surface area contributed by atoms with Gasteiger partial charge in [0.25, 0.3) is 0 Å². The summed E-state index contributed by atoms with van der Waals surface area (Å²) < 4.78 is 0. The van der Waals surface area contributed by atoms with E-state index in [1.807, 2.05) is 29.2 Å². The number of carbonyl (C=O) groups is 2. The molecule has 0 saturated carbocycles. The van der Waals surface area contributed by atoms with Crippen LogP contribution in [0, 0.1) is 5.92 Å². The van der Waals surface area contributed by atoms with E-state index in [1.165, 1.54) is 0 Å². The smallest absolute Gasteiger partial charge is 0.233 e. The largest absolute Gasteiger partial charge is 0.340 e. The Morgan fingerprint density at radius 3 is 3.04 bits per heavy atom. The molecule has 0 spiro atoms. The molecule has 7 heteroatoms. The highest BCUT2D eigenvalue weighted by atomic mass is 16.5. The Morgan fingerprint density at radius 1 is 1.50 bits per heavy atom. The number of aromatic nitrogens is 2. The number of carbonyl (C=O) groups excluding carboxylic acids is 2. The topological polar surface area (TPSA) is 89.5 Å². The number of nitrogens with zero attached hydrogens (tertiary/aromatic N) is 3. The monoisotopic (exact) mass is 358 g/mol. The van der Waals surface area contributed by atoms with E-state index >= 15 is 0 Å². The van der Waals surface area contributed by atoms with Crippen LogP contribution in [0.15, 0.2) is 24.3 Å². The lowest BCUT2D eigenvalue weighted by Crippen LogP contribution is -2.40. The average molecular weight is 358 g/mol. The van der Waals surface area contributed by atoms with E-state index in [4.69, 9.17) is 0 Å². The fourth-order valence-electron chi connectivity index (χ4n) is 3.69. The van der Waals surface area contributed by atoms with Gasteiger partial charge in [0.1, 0.15) is 5.82 Å². The predicted octanol–water partition coefficient (Wildman–Crippen LogP) is 2.88. The van der Waals surface area contributed by atoms with E-state index in [2.05, 4.69) is 16.9 Å². The summed E-state index contributed by atoms with van der Waals surface area (Å²) >= 11 is 0. The standard InChI is InChI=1S/C19H26N4O3/c1-2-3-7-14(12-22(26)13-24)19(25)23-11-6-10-17(23)18-20-15-8-4-5-9-16(15)21-18/h4-5,8-9,13-14,17,26H,2-3,6-7,10-12H2,1H3,(H,20,21). The van der Waals surface area contributed by atoms with Gasteiger partial charge in [-0.1, -0.05) is 31.9 Å². The zero-order chi connectivity index (χ0) is 18.5. The molecule has 2 amide bonds. The van der Waals surface area contributed by atoms with Crippen LogP contribution < -0.4 is 0 Å². The maximum atomic E-state index is 13.1. The fourth-order valence-corrected chi connectivity index (χ4v) is 3.69. The van der Waals surface area contributed by atoms with Gasteiger partial charge in [-0.3, -0.25) is 14.8 Å². The molecule has 0 radical (unpaired) electrons. The van der Waals surface area contributed by atoms with Gasteiger partial charge in [0.2, 0.25) is 12.3 Å². The van der Waals surface area contributed by atoms with Crippen molar-refractivity contribution in [2.45, 2.75) is 45.1 Å². The molecule has 140 valence electrons. The number of H-pyrrole nitrogens is 1. The van der Waals surface area contributed by atoms with E-state index in [0.29, 0.717) is 24.4 Å². The molecule has 2 heterocycles. The summed E-state index contributed by atoms with van der Waals surface area (Å²) in [6.45, 7) is 2.77. The fraction of sp³-hybridized carbons (Fsp3) is 0.526. The number of benzene rings is 1. The first kappa shape index (κ1) is 18.4. The summed E-state index contributed by atoms with van der Waals surface area (Å²) in [6, 6.07) is 7.75. The van der Waals surface area contributed by atoms with Crippen molar-refractivity contribution in [3.05, 3.63) is 30.1 Å². The molecule has 1 aliphatic rings. The summed E-state index contributed by atoms with van der Waals surface area (Å²) in [7, 11) is 0. The quantitative estimate of drug-likeness (QED) is 0.431. The van der Waals surface area contributed by atoms with Gasteiger partial charge in [-0.15, -0.1) is 0 Å². The lowest BCUT2D eigenvalue weighted by molar-refractivity contribution is -0.157. The third-order valence-electron chi connectivity index (χ3n) is 5.04. The first-order valence-electron chi connectivity index (χ1n) is 9.30. The van der Waals surface area contributed by atoms with E-state index in [1.54, 1.807) is 0 Å². The SMILES string of the molecule is CCCCC(CN(O)C=O)C(=O)N1CCCC1c1nc2ccccc2[nH]1. The third kappa shape index (κ3) is 3.88. The highest BCUT2D eigenvalue weighted by Crippen LogP contribution is 2.33. The van der Waals surface area contributed by atoms with Crippen LogP contribution in [-0.2, 0) is 9.59 Å². The van der Waals surface area contributed by atoms with Gasteiger partial charge in [0.15, 0.2) is 0 Å². The summed E-state index contributed by atoms with van der Waals surface area (Å²) in [5, 5.41) is 10.1. The molecule has 1 aromatic heterocycles. The second-order valence-electron chi connectivity index (χ2n) is 6.90. The zero-order valence-electron chi connectivity index (χ0n) is 15.1. The van der Waals surface area contributed by atoms with Gasteiger partial charge in [0.05, 0.1) is 29.5 Å². The highest BCUT2D eigenvalue weighted by molar-refractivity contribution is 5.80. The number of fused-ring (bicyclic) bond motifs is 1. The normalized spacial score (nSPS) is 18.2. The van der Waals surface area contributed by atoms with Crippen molar-refractivity contribution in [3.8, 4) is 0 Å². The molecular formula is C19H26N4O3. The van der Waals surface area contributed by atoms with Gasteiger partial charge >= 0.3 is 0 Å². The molecule has 1 aromatic carbocycles. The molecule has 0 bridgehead atoms. The molecule has 2 atom stereocenters. The van der Waals surface area contributed by atoms with Crippen LogP contribution >= 0.6 is 0 Å². The molecule has 0 aliphatic carbocycles. The molecule has 1 saturated heterocycles. The van der Waals surface area contributed by atoms with Crippen LogP contribution in [-0.4, -0.2) is 50.5 Å². The summed E-state index contributed by atoms with van der Waals surface area (Å²) in [6.07, 6.45) is 4.64. The number of imidazole rings is 1. The van der Waals surface area contributed by atoms with Crippen molar-refractivity contribution >= 4 is 23.4 Å². The summed E-state index contributed by atoms with van der Waals surface area (Å²) in [4.78, 5) is 33.8. The molecular weight excluding hydrogens is 332 g/mol. The Bertz CT molecular complexity index is 727. The number of unbranched alkanes of at least 4 members (excludes halogenated alkanes) is 1. The van der Waals surface area contributed by atoms with Crippen molar-refractivity contribution in [1.82, 2.24) is 19.9 Å². The van der Waals surface area contributed by atoms with E-state index in [-0.39, 0.29) is 18.5 Å². The van der Waals surface area contributed by atoms with Crippen LogP contribution in [0.5, 0.6) is 0 Å². The third-order valence-corrected chi connectivity index (χ3v) is 5.04. The molecule has 3 rings (SSSR count). The van der Waals surface area contributed by atoms with E-state index in [0.717, 1.165) is 42.5 Å². The van der Waals surface area contributed by atoms with Crippen molar-refractivity contribution in [3.63, 3.8) is 0 Å². The molecule has 2 aromatic rings. The van der Waals surface area contributed by atoms with Crippen molar-refractivity contribution in [2.75, 3.05) is 13.1 Å². The van der Waals surface area contributed by atoms with Crippen molar-refractivity contribution in [1.29, 1.82) is 0 Å². The minimum absolute atomic E-state index is 0.0118. The van der Waals surface area contributed by atoms with Gasteiger partial charge in [-0.2, -0.15) is 0 Å². The number of hydrogen-bond acceptors (Lipinski definition) is 4. The zero-order valence-corrected chi connectivity index (χ0v) is 15.1. The van der Waals surface area contributed by atoms with Gasteiger partial charge in [-0.25, -0.2) is 10.0 Å². The molecule has 7 nitrogen and oxygen atoms in total. The van der Waals surface area contributed by atoms with Crippen LogP contribution in [0.2, 0.25) is 0 Å². The first-order chi connectivity index (χ1) is 12.6. The predicted molar refractivity (Wildman–Crippen MR) is 97.4 cm³/mol. The molecule has 2 N–H and O–H groups in total. The van der Waals surface area contributed by atoms with E-state index in [9.17, 15) is 14.8 Å². The lowest BCUT2D eigenvalue weighted by atomic mass is 9.99. The number of rotatable bonds is 8. The second kappa shape index (κ2) is 8.31. The van der Waals surface area contributed by atoms with Crippen LogP contribution in [0.3, 0.4) is 0 Å². The Morgan fingerprint density at radius 2 is 2.31 bits per heavy atom. The first-order valence-corrected chi connectivity index (χ1v) is 9.30. The number of amides is 2. The molecule has 2 unspecified atom stereocenters. The Labute approximate surface area is 153 Å². The Balaban J connectivity index is 1.80. The maximum absolute atomic E-state index is 13.1. The Kier molecular flexibility index (Phi) is 5.88. The van der Waals surface area contributed by atoms with Gasteiger partial charge in [-0.05, 0) is 31.4 Å². The number of likely N-dealkylation sites (tertiary alicyclic amines) is 1. The Hall–Kier alpha value is -2.41. The number of hydrogen-bond donors (Lipinski definition) is 2. The number of nitrogens with one attached hydrogen (secondary N) is 1. The van der Waals surface area contributed by atoms with Gasteiger partial charge < -0.3 is 9.88 Å². The lowest BCUT2D eigenvalue weighted by Gasteiger charge is -2.29. The number of hydroxylamine groups is 2. The molecule has 1 fully saturated rings. The summed E-state index contributed by atoms with van der Waals surface area (Å²) in [5.74, 6) is 0.403. The minimum atomic E-state index is -0.393. The van der Waals surface area contributed by atoms with Crippen LogP contribution in [0.1, 0.15) is 50.9 Å². The highest BCUT2D eigenvalue weighted by Gasteiger charge is 2.35. The summed E-state index contributed by atoms with van der Waals surface area (Å²) in [5.41, 5.74) is 1.86. The molecule has 26 heavy (non-hydrogen) atoms. The van der Waals surface area contributed by atoms with Gasteiger partial charge in [0, 0.05) is 6.54 Å².